The van der Waals surface area contributed by atoms with Gasteiger partial charge in [-0.05, 0) is 24.6 Å². The number of anilines is 1. The molecule has 3 heteroatoms. The number of rotatable bonds is 0. The molecule has 2 aromatic heterocycles. The van der Waals surface area contributed by atoms with Crippen LogP contribution in [0.15, 0.2) is 24.5 Å². The third kappa shape index (κ3) is 0.852. The van der Waals surface area contributed by atoms with Gasteiger partial charge in [-0.2, -0.15) is 0 Å². The molecule has 0 aliphatic rings. The topological polar surface area (TPSA) is 43.3 Å². The second-order valence-electron chi connectivity index (χ2n) is 2.62. The van der Waals surface area contributed by atoms with Crippen LogP contribution in [-0.2, 0) is 0 Å². The molecular weight excluding hydrogens is 138 g/mol. The summed E-state index contributed by atoms with van der Waals surface area (Å²) in [5.74, 6) is 0.542. The molecule has 0 saturated carbocycles. The molecule has 56 valence electrons. The summed E-state index contributed by atoms with van der Waals surface area (Å²) in [7, 11) is 0. The van der Waals surface area contributed by atoms with Gasteiger partial charge in [0.05, 0.1) is 11.7 Å². The molecule has 2 aromatic rings. The van der Waals surface area contributed by atoms with Crippen molar-refractivity contribution in [2.75, 3.05) is 5.73 Å². The minimum Gasteiger partial charge on any atom is -0.369 e. The Morgan fingerprint density at radius 2 is 2.36 bits per heavy atom. The van der Waals surface area contributed by atoms with Gasteiger partial charge in [0.2, 0.25) is 5.95 Å². The standard InChI is InChI=1S/C8H9N3/c1-6-2-3-11-7(4-6)5-10-8(11)9/h2-5H,1H3,(H2,9,10). The lowest BCUT2D eigenvalue weighted by atomic mass is 10.3. The fourth-order valence-electron chi connectivity index (χ4n) is 1.13. The lowest BCUT2D eigenvalue weighted by Crippen LogP contribution is -1.93. The number of fused-ring (bicyclic) bond motifs is 1. The molecule has 2 rings (SSSR count). The normalized spacial score (nSPS) is 10.6. The van der Waals surface area contributed by atoms with E-state index in [4.69, 9.17) is 5.73 Å². The molecule has 0 saturated heterocycles. The number of hydrogen-bond acceptors (Lipinski definition) is 2. The highest BCUT2D eigenvalue weighted by atomic mass is 15.1. The van der Waals surface area contributed by atoms with Gasteiger partial charge >= 0.3 is 0 Å². The number of aryl methyl sites for hydroxylation is 1. The number of nitrogens with two attached hydrogens (primary N) is 1. The van der Waals surface area contributed by atoms with Gasteiger partial charge in [0.25, 0.3) is 0 Å². The van der Waals surface area contributed by atoms with Crippen molar-refractivity contribution in [1.82, 2.24) is 9.38 Å². The van der Waals surface area contributed by atoms with Crippen LogP contribution in [0.2, 0.25) is 0 Å². The first-order chi connectivity index (χ1) is 5.27. The number of pyridine rings is 1. The van der Waals surface area contributed by atoms with E-state index in [0.717, 1.165) is 5.52 Å². The minimum atomic E-state index is 0.542. The molecule has 2 heterocycles. The van der Waals surface area contributed by atoms with Gasteiger partial charge in [-0.3, -0.25) is 4.40 Å². The van der Waals surface area contributed by atoms with Crippen molar-refractivity contribution < 1.29 is 0 Å². The van der Waals surface area contributed by atoms with E-state index in [9.17, 15) is 0 Å². The summed E-state index contributed by atoms with van der Waals surface area (Å²) in [6.07, 6.45) is 3.69. The van der Waals surface area contributed by atoms with Crippen molar-refractivity contribution in [2.45, 2.75) is 6.92 Å². The van der Waals surface area contributed by atoms with Crippen LogP contribution < -0.4 is 5.73 Å². The molecule has 0 radical (unpaired) electrons. The molecule has 0 unspecified atom stereocenters. The summed E-state index contributed by atoms with van der Waals surface area (Å²) in [6, 6.07) is 4.05. The Morgan fingerprint density at radius 1 is 1.55 bits per heavy atom. The van der Waals surface area contributed by atoms with Crippen molar-refractivity contribution in [3.05, 3.63) is 30.1 Å². The fourth-order valence-corrected chi connectivity index (χ4v) is 1.13. The number of hydrogen-bond donors (Lipinski definition) is 1. The lowest BCUT2D eigenvalue weighted by molar-refractivity contribution is 1.16. The van der Waals surface area contributed by atoms with Crippen LogP contribution in [0, 0.1) is 6.92 Å². The number of nitrogen functional groups attached to an aromatic ring is 1. The molecule has 11 heavy (non-hydrogen) atoms. The molecule has 0 spiro atoms. The van der Waals surface area contributed by atoms with E-state index in [1.807, 2.05) is 29.7 Å². The Balaban J connectivity index is 2.86. The third-order valence-electron chi connectivity index (χ3n) is 1.72. The Hall–Kier alpha value is -1.51. The van der Waals surface area contributed by atoms with Gasteiger partial charge < -0.3 is 5.73 Å². The van der Waals surface area contributed by atoms with E-state index in [1.165, 1.54) is 5.56 Å². The van der Waals surface area contributed by atoms with Gasteiger partial charge in [0.15, 0.2) is 0 Å². The molecule has 0 aliphatic heterocycles. The van der Waals surface area contributed by atoms with Crippen LogP contribution in [0.4, 0.5) is 5.95 Å². The van der Waals surface area contributed by atoms with E-state index >= 15 is 0 Å². The average molecular weight is 147 g/mol. The first kappa shape index (κ1) is 6.22. The molecule has 0 fully saturated rings. The van der Waals surface area contributed by atoms with Gasteiger partial charge in [-0.15, -0.1) is 0 Å². The molecule has 0 bridgehead atoms. The van der Waals surface area contributed by atoms with Crippen molar-refractivity contribution in [2.24, 2.45) is 0 Å². The zero-order valence-electron chi connectivity index (χ0n) is 6.28. The second kappa shape index (κ2) is 1.99. The maximum atomic E-state index is 5.58. The van der Waals surface area contributed by atoms with E-state index < -0.39 is 0 Å². The summed E-state index contributed by atoms with van der Waals surface area (Å²) < 4.78 is 1.85. The smallest absolute Gasteiger partial charge is 0.204 e. The summed E-state index contributed by atoms with van der Waals surface area (Å²) in [5, 5.41) is 0. The van der Waals surface area contributed by atoms with Crippen LogP contribution in [-0.4, -0.2) is 9.38 Å². The van der Waals surface area contributed by atoms with Crippen molar-refractivity contribution in [3.63, 3.8) is 0 Å². The van der Waals surface area contributed by atoms with Gasteiger partial charge in [-0.25, -0.2) is 4.98 Å². The summed E-state index contributed by atoms with van der Waals surface area (Å²) >= 11 is 0. The Morgan fingerprint density at radius 3 is 3.18 bits per heavy atom. The summed E-state index contributed by atoms with van der Waals surface area (Å²) in [6.45, 7) is 2.04. The first-order valence-electron chi connectivity index (χ1n) is 3.46. The average Bonchev–Trinajstić information content (AvgIpc) is 2.32. The molecular formula is C8H9N3. The minimum absolute atomic E-state index is 0.542. The van der Waals surface area contributed by atoms with Crippen molar-refractivity contribution in [3.8, 4) is 0 Å². The van der Waals surface area contributed by atoms with Gasteiger partial charge in [0, 0.05) is 6.20 Å². The summed E-state index contributed by atoms with van der Waals surface area (Å²) in [5.41, 5.74) is 7.84. The predicted octanol–water partition coefficient (Wildman–Crippen LogP) is 1.22. The quantitative estimate of drug-likeness (QED) is 0.609. The van der Waals surface area contributed by atoms with E-state index in [0.29, 0.717) is 5.95 Å². The van der Waals surface area contributed by atoms with Gasteiger partial charge in [-0.1, -0.05) is 0 Å². The molecule has 0 amide bonds. The largest absolute Gasteiger partial charge is 0.369 e. The van der Waals surface area contributed by atoms with Crippen LogP contribution in [0.3, 0.4) is 0 Å². The summed E-state index contributed by atoms with van der Waals surface area (Å²) in [4.78, 5) is 3.98. The van der Waals surface area contributed by atoms with E-state index in [1.54, 1.807) is 6.20 Å². The van der Waals surface area contributed by atoms with Crippen LogP contribution in [0.5, 0.6) is 0 Å². The number of imidazole rings is 1. The Bertz CT molecular complexity index is 389. The fraction of sp³-hybridized carbons (Fsp3) is 0.125. The van der Waals surface area contributed by atoms with Crippen molar-refractivity contribution >= 4 is 11.5 Å². The monoisotopic (exact) mass is 147 g/mol. The van der Waals surface area contributed by atoms with Gasteiger partial charge in [0.1, 0.15) is 0 Å². The predicted molar refractivity (Wildman–Crippen MR) is 44.3 cm³/mol. The highest BCUT2D eigenvalue weighted by Gasteiger charge is 1.96. The highest BCUT2D eigenvalue weighted by molar-refractivity contribution is 5.52. The zero-order chi connectivity index (χ0) is 7.84. The highest BCUT2D eigenvalue weighted by Crippen LogP contribution is 2.09. The third-order valence-corrected chi connectivity index (χ3v) is 1.72. The molecule has 2 N–H and O–H groups in total. The Labute approximate surface area is 64.5 Å². The molecule has 0 aliphatic carbocycles. The van der Waals surface area contributed by atoms with Crippen LogP contribution >= 0.6 is 0 Å². The maximum absolute atomic E-state index is 5.58. The van der Waals surface area contributed by atoms with Crippen LogP contribution in [0.1, 0.15) is 5.56 Å². The second-order valence-corrected chi connectivity index (χ2v) is 2.62. The van der Waals surface area contributed by atoms with Crippen LogP contribution in [0.25, 0.3) is 5.52 Å². The zero-order valence-corrected chi connectivity index (χ0v) is 6.28. The van der Waals surface area contributed by atoms with E-state index in [2.05, 4.69) is 4.98 Å². The SMILES string of the molecule is Cc1ccn2c(N)ncc2c1. The number of aromatic nitrogens is 2. The van der Waals surface area contributed by atoms with E-state index in [-0.39, 0.29) is 0 Å². The molecule has 0 atom stereocenters. The number of nitrogens with zero attached hydrogens (tertiary/aromatic N) is 2. The lowest BCUT2D eigenvalue weighted by Gasteiger charge is -1.95. The molecule has 0 aromatic carbocycles. The first-order valence-corrected chi connectivity index (χ1v) is 3.46. The Kier molecular flexibility index (Phi) is 1.12. The molecule has 3 nitrogen and oxygen atoms in total. The van der Waals surface area contributed by atoms with Crippen molar-refractivity contribution in [1.29, 1.82) is 0 Å². The maximum Gasteiger partial charge on any atom is 0.204 e.